The maximum absolute atomic E-state index is 11.7. The zero-order valence-corrected chi connectivity index (χ0v) is 17.8. The van der Waals surface area contributed by atoms with Crippen LogP contribution in [0.2, 0.25) is 0 Å². The normalized spacial score (nSPS) is 43.9. The van der Waals surface area contributed by atoms with Crippen LogP contribution in [0.25, 0.3) is 0 Å². The second-order valence-corrected chi connectivity index (χ2v) is 10.2. The minimum absolute atomic E-state index is 0.209. The van der Waals surface area contributed by atoms with Gasteiger partial charge in [0.25, 0.3) is 0 Å². The topological polar surface area (TPSA) is 37.3 Å². The van der Waals surface area contributed by atoms with Crippen molar-refractivity contribution in [3.05, 3.63) is 35.5 Å². The summed E-state index contributed by atoms with van der Waals surface area (Å²) in [6, 6.07) is 0. The Morgan fingerprint density at radius 2 is 1.89 bits per heavy atom. The van der Waals surface area contributed by atoms with E-state index in [0.717, 1.165) is 25.2 Å². The zero-order chi connectivity index (χ0) is 19.8. The second kappa shape index (κ2) is 7.60. The molecule has 0 heterocycles. The fraction of sp³-hybridized carbons (Fsp3) is 0.720. The number of allylic oxidation sites excluding steroid dienone is 4. The van der Waals surface area contributed by atoms with Gasteiger partial charge in [0, 0.05) is 5.57 Å². The molecular formula is C25H38O2. The van der Waals surface area contributed by atoms with Gasteiger partial charge < -0.3 is 5.11 Å². The van der Waals surface area contributed by atoms with Crippen LogP contribution in [-0.2, 0) is 4.79 Å². The molecule has 2 nitrogen and oxygen atoms in total. The molecular weight excluding hydrogens is 332 g/mol. The van der Waals surface area contributed by atoms with Gasteiger partial charge >= 0.3 is 5.97 Å². The van der Waals surface area contributed by atoms with Crippen molar-refractivity contribution in [1.82, 2.24) is 0 Å². The Bertz CT molecular complexity index is 670. The monoisotopic (exact) mass is 370 g/mol. The highest BCUT2D eigenvalue weighted by Crippen LogP contribution is 2.65. The fourth-order valence-electron chi connectivity index (χ4n) is 6.84. The first-order valence-corrected chi connectivity index (χ1v) is 10.9. The summed E-state index contributed by atoms with van der Waals surface area (Å²) in [6.45, 7) is 13.7. The van der Waals surface area contributed by atoms with Gasteiger partial charge in [-0.1, -0.05) is 43.7 Å². The van der Waals surface area contributed by atoms with Gasteiger partial charge in [0.15, 0.2) is 0 Å². The molecule has 3 rings (SSSR count). The van der Waals surface area contributed by atoms with Crippen LogP contribution in [0.3, 0.4) is 0 Å². The maximum atomic E-state index is 11.7. The number of hydrogen-bond donors (Lipinski definition) is 1. The van der Waals surface area contributed by atoms with Crippen LogP contribution in [0, 0.1) is 28.6 Å². The van der Waals surface area contributed by atoms with Gasteiger partial charge in [-0.3, -0.25) is 0 Å². The molecule has 0 saturated heterocycles. The van der Waals surface area contributed by atoms with E-state index in [2.05, 4.69) is 46.4 Å². The van der Waals surface area contributed by atoms with Gasteiger partial charge in [0.2, 0.25) is 0 Å². The van der Waals surface area contributed by atoms with Crippen molar-refractivity contribution >= 4 is 5.97 Å². The highest BCUT2D eigenvalue weighted by atomic mass is 16.4. The third-order valence-electron chi connectivity index (χ3n) is 8.45. The Hall–Kier alpha value is -1.31. The smallest absolute Gasteiger partial charge is 0.331 e. The Labute approximate surface area is 165 Å². The summed E-state index contributed by atoms with van der Waals surface area (Å²) in [5.74, 6) is 1.36. The summed E-state index contributed by atoms with van der Waals surface area (Å²) >= 11 is 0. The predicted octanol–water partition coefficient (Wildman–Crippen LogP) is 6.93. The van der Waals surface area contributed by atoms with E-state index in [-0.39, 0.29) is 5.41 Å². The molecule has 3 aliphatic rings. The summed E-state index contributed by atoms with van der Waals surface area (Å²) in [5.41, 5.74) is 3.99. The third kappa shape index (κ3) is 3.82. The van der Waals surface area contributed by atoms with Crippen LogP contribution in [-0.4, -0.2) is 11.1 Å². The molecule has 2 heteroatoms. The zero-order valence-electron chi connectivity index (χ0n) is 17.8. The summed E-state index contributed by atoms with van der Waals surface area (Å²) in [7, 11) is 0. The minimum Gasteiger partial charge on any atom is -0.478 e. The first kappa shape index (κ1) is 20.4. The number of fused-ring (bicyclic) bond motifs is 3. The molecule has 5 atom stereocenters. The molecule has 27 heavy (non-hydrogen) atoms. The molecule has 0 aromatic heterocycles. The Balaban J connectivity index is 1.97. The molecule has 0 radical (unpaired) electrons. The van der Waals surface area contributed by atoms with Crippen molar-refractivity contribution in [3.8, 4) is 0 Å². The Morgan fingerprint density at radius 3 is 2.56 bits per heavy atom. The van der Waals surface area contributed by atoms with Gasteiger partial charge in [-0.05, 0) is 100 Å². The SMILES string of the molecule is C=C(C)[C@H]1CC[C@]2(C)[C@@H]1CC[C@]1(C)C/C=C(\C(=O)O)CC/C=C(\C)CC[C@H]12. The van der Waals surface area contributed by atoms with E-state index in [9.17, 15) is 9.90 Å². The summed E-state index contributed by atoms with van der Waals surface area (Å²) in [6.07, 6.45) is 14.2. The van der Waals surface area contributed by atoms with E-state index < -0.39 is 5.97 Å². The van der Waals surface area contributed by atoms with Crippen LogP contribution in [0.4, 0.5) is 0 Å². The van der Waals surface area contributed by atoms with E-state index in [4.69, 9.17) is 0 Å². The average Bonchev–Trinajstić information content (AvgIpc) is 2.92. The van der Waals surface area contributed by atoms with Crippen LogP contribution >= 0.6 is 0 Å². The van der Waals surface area contributed by atoms with Gasteiger partial charge in [-0.25, -0.2) is 4.79 Å². The molecule has 0 amide bonds. The van der Waals surface area contributed by atoms with Crippen LogP contribution < -0.4 is 0 Å². The van der Waals surface area contributed by atoms with E-state index in [1.807, 2.05) is 0 Å². The molecule has 2 fully saturated rings. The molecule has 0 unspecified atom stereocenters. The molecule has 0 aromatic rings. The second-order valence-electron chi connectivity index (χ2n) is 10.2. The molecule has 0 aliphatic heterocycles. The molecule has 150 valence electrons. The van der Waals surface area contributed by atoms with Gasteiger partial charge in [-0.15, -0.1) is 0 Å². The van der Waals surface area contributed by atoms with Crippen molar-refractivity contribution in [2.75, 3.05) is 0 Å². The van der Waals surface area contributed by atoms with Gasteiger partial charge in [0.1, 0.15) is 0 Å². The number of carboxylic acid groups (broad SMARTS) is 1. The number of carboxylic acids is 1. The third-order valence-corrected chi connectivity index (χ3v) is 8.45. The number of rotatable bonds is 2. The fourth-order valence-corrected chi connectivity index (χ4v) is 6.84. The molecule has 3 aliphatic carbocycles. The molecule has 0 bridgehead atoms. The van der Waals surface area contributed by atoms with Crippen LogP contribution in [0.1, 0.15) is 85.5 Å². The predicted molar refractivity (Wildman–Crippen MR) is 113 cm³/mol. The quantitative estimate of drug-likeness (QED) is 0.535. The largest absolute Gasteiger partial charge is 0.478 e. The molecule has 0 aromatic carbocycles. The number of hydrogen-bond acceptors (Lipinski definition) is 1. The Morgan fingerprint density at radius 1 is 1.15 bits per heavy atom. The van der Waals surface area contributed by atoms with Crippen molar-refractivity contribution in [2.24, 2.45) is 28.6 Å². The van der Waals surface area contributed by atoms with E-state index in [0.29, 0.717) is 29.2 Å². The van der Waals surface area contributed by atoms with Crippen molar-refractivity contribution in [3.63, 3.8) is 0 Å². The highest BCUT2D eigenvalue weighted by Gasteiger charge is 2.57. The maximum Gasteiger partial charge on any atom is 0.331 e. The average molecular weight is 371 g/mol. The molecule has 1 N–H and O–H groups in total. The molecule has 0 spiro atoms. The lowest BCUT2D eigenvalue weighted by molar-refractivity contribution is -0.132. The summed E-state index contributed by atoms with van der Waals surface area (Å²) in [5, 5.41) is 9.63. The van der Waals surface area contributed by atoms with E-state index >= 15 is 0 Å². The van der Waals surface area contributed by atoms with E-state index in [1.165, 1.54) is 43.3 Å². The van der Waals surface area contributed by atoms with Gasteiger partial charge in [-0.2, -0.15) is 0 Å². The minimum atomic E-state index is -0.733. The highest BCUT2D eigenvalue weighted by molar-refractivity contribution is 5.86. The first-order valence-electron chi connectivity index (χ1n) is 10.9. The summed E-state index contributed by atoms with van der Waals surface area (Å²) in [4.78, 5) is 11.7. The summed E-state index contributed by atoms with van der Waals surface area (Å²) < 4.78 is 0. The number of carbonyl (C=O) groups is 1. The standard InChI is InChI=1S/C25H38O2/c1-17(2)20-12-16-25(5)21(20)13-15-24(4)14-11-19(23(26)27)8-6-7-18(3)9-10-22(24)25/h7,11,20-22H,1,6,8-10,12-16H2,2-5H3,(H,26,27)/b18-7+,19-11-/t20-,21-,22-,24+,25-/m1/s1. The molecule has 2 saturated carbocycles. The van der Waals surface area contributed by atoms with Crippen molar-refractivity contribution in [2.45, 2.75) is 85.5 Å². The lowest BCUT2D eigenvalue weighted by Gasteiger charge is -2.55. The van der Waals surface area contributed by atoms with Crippen LogP contribution in [0.15, 0.2) is 35.5 Å². The first-order chi connectivity index (χ1) is 12.7. The van der Waals surface area contributed by atoms with Crippen LogP contribution in [0.5, 0.6) is 0 Å². The van der Waals surface area contributed by atoms with Crippen molar-refractivity contribution in [1.29, 1.82) is 0 Å². The lowest BCUT2D eigenvalue weighted by Crippen LogP contribution is -2.47. The lowest BCUT2D eigenvalue weighted by atomic mass is 9.49. The number of aliphatic carboxylic acids is 1. The Kier molecular flexibility index (Phi) is 5.75. The van der Waals surface area contributed by atoms with Gasteiger partial charge in [0.05, 0.1) is 0 Å². The van der Waals surface area contributed by atoms with E-state index in [1.54, 1.807) is 0 Å². The van der Waals surface area contributed by atoms with Crippen molar-refractivity contribution < 1.29 is 9.90 Å².